The molecule has 1 amide bonds. The zero-order valence-corrected chi connectivity index (χ0v) is 27.4. The summed E-state index contributed by atoms with van der Waals surface area (Å²) in [5.41, 5.74) is 8.03. The molecule has 0 bridgehead atoms. The summed E-state index contributed by atoms with van der Waals surface area (Å²) in [6.07, 6.45) is 7.81. The number of carbonyl (C=O) groups is 3. The summed E-state index contributed by atoms with van der Waals surface area (Å²) < 4.78 is 5.87. The molecule has 11 heteroatoms. The molecule has 2 saturated heterocycles. The van der Waals surface area contributed by atoms with E-state index in [1.165, 1.54) is 5.57 Å². The van der Waals surface area contributed by atoms with E-state index in [-0.39, 0.29) is 53.1 Å². The normalized spacial score (nSPS) is 30.4. The summed E-state index contributed by atoms with van der Waals surface area (Å²) in [7, 11) is 0. The van der Waals surface area contributed by atoms with Crippen LogP contribution in [0.25, 0.3) is 18.2 Å². The molecule has 1 spiro atoms. The molecular weight excluding hydrogens is 592 g/mol. The Morgan fingerprint density at radius 3 is 2.22 bits per heavy atom. The van der Waals surface area contributed by atoms with Gasteiger partial charge in [0.15, 0.2) is 5.72 Å². The number of thiol groups is 1. The van der Waals surface area contributed by atoms with Crippen molar-refractivity contribution in [1.82, 2.24) is 20.6 Å². The Kier molecular flexibility index (Phi) is 7.63. The predicted molar refractivity (Wildman–Crippen MR) is 174 cm³/mol. The number of H-pyrrole nitrogens is 2. The number of epoxide rings is 1. The highest BCUT2D eigenvalue weighted by atomic mass is 32.1. The monoisotopic (exact) mass is 634 g/mol. The second-order valence-corrected chi connectivity index (χ2v) is 13.9. The fraction of sp³-hybridized carbons (Fsp3) is 0.500. The summed E-state index contributed by atoms with van der Waals surface area (Å²) >= 11 is 4.64. The number of nitrogens with one attached hydrogen (secondary N) is 4. The fourth-order valence-electron chi connectivity index (χ4n) is 7.87. The van der Waals surface area contributed by atoms with Crippen LogP contribution in [0.4, 0.5) is 0 Å². The number of carboxylic acid groups (broad SMARTS) is 2. The van der Waals surface area contributed by atoms with Gasteiger partial charge in [-0.15, -0.1) is 0 Å². The molecule has 6 N–H and O–H groups in total. The molecule has 2 aromatic rings. The van der Waals surface area contributed by atoms with Crippen molar-refractivity contribution in [2.45, 2.75) is 90.7 Å². The number of fused-ring (bicyclic) bond motifs is 1. The van der Waals surface area contributed by atoms with Crippen LogP contribution in [-0.2, 0) is 32.0 Å². The van der Waals surface area contributed by atoms with E-state index in [1.807, 2.05) is 39.8 Å². The van der Waals surface area contributed by atoms with E-state index in [0.717, 1.165) is 62.2 Å². The lowest BCUT2D eigenvalue weighted by atomic mass is 9.91. The van der Waals surface area contributed by atoms with Crippen molar-refractivity contribution in [3.63, 3.8) is 0 Å². The highest BCUT2D eigenvalue weighted by Crippen LogP contribution is 2.80. The number of rotatable bonds is 11. The second-order valence-electron chi connectivity index (χ2n) is 13.1. The summed E-state index contributed by atoms with van der Waals surface area (Å²) in [6, 6.07) is 0. The molecule has 3 fully saturated rings. The maximum atomic E-state index is 12.5. The molecule has 0 unspecified atom stereocenters. The number of aromatic nitrogens is 2. The van der Waals surface area contributed by atoms with Crippen LogP contribution < -0.4 is 21.3 Å². The number of aromatic amines is 2. The van der Waals surface area contributed by atoms with Crippen molar-refractivity contribution in [3.8, 4) is 0 Å². The maximum Gasteiger partial charge on any atom is 0.303 e. The van der Waals surface area contributed by atoms with Gasteiger partial charge in [0.05, 0.1) is 5.41 Å². The third-order valence-electron chi connectivity index (χ3n) is 10.6. The van der Waals surface area contributed by atoms with Gasteiger partial charge in [0.2, 0.25) is 5.91 Å². The molecule has 45 heavy (non-hydrogen) atoms. The Morgan fingerprint density at radius 1 is 0.978 bits per heavy atom. The summed E-state index contributed by atoms with van der Waals surface area (Å²) in [6.45, 7) is 12.2. The minimum absolute atomic E-state index is 0.0231. The molecule has 1 saturated carbocycles. The van der Waals surface area contributed by atoms with Gasteiger partial charge in [0.25, 0.3) is 0 Å². The lowest BCUT2D eigenvalue weighted by Gasteiger charge is -2.18. The highest BCUT2D eigenvalue weighted by molar-refractivity contribution is 7.80. The Hall–Kier alpha value is -3.70. The van der Waals surface area contributed by atoms with Crippen molar-refractivity contribution >= 4 is 48.7 Å². The number of hydrogen-bond acceptors (Lipinski definition) is 6. The number of ether oxygens (including phenoxy) is 1. The van der Waals surface area contributed by atoms with Crippen LogP contribution in [0.5, 0.6) is 0 Å². The quantitative estimate of drug-likeness (QED) is 0.148. The Morgan fingerprint density at radius 2 is 1.64 bits per heavy atom. The summed E-state index contributed by atoms with van der Waals surface area (Å²) in [5, 5.41) is 27.2. The first-order chi connectivity index (χ1) is 21.2. The smallest absolute Gasteiger partial charge is 0.303 e. The molecule has 3 aliphatic heterocycles. The molecular formula is C34H42N4O6S. The summed E-state index contributed by atoms with van der Waals surface area (Å²) in [4.78, 5) is 42.8. The molecule has 240 valence electrons. The zero-order valence-electron chi connectivity index (χ0n) is 26.6. The van der Waals surface area contributed by atoms with Crippen molar-refractivity contribution in [1.29, 1.82) is 0 Å². The zero-order chi connectivity index (χ0) is 32.6. The van der Waals surface area contributed by atoms with Crippen molar-refractivity contribution in [3.05, 3.63) is 61.3 Å². The lowest BCUT2D eigenvalue weighted by molar-refractivity contribution is -0.138. The number of aliphatic carboxylic acids is 2. The van der Waals surface area contributed by atoms with Gasteiger partial charge in [-0.2, -0.15) is 12.6 Å². The van der Waals surface area contributed by atoms with Gasteiger partial charge in [0, 0.05) is 63.4 Å². The maximum absolute atomic E-state index is 12.5. The number of amides is 1. The van der Waals surface area contributed by atoms with Crippen LogP contribution in [0.2, 0.25) is 0 Å². The van der Waals surface area contributed by atoms with Crippen molar-refractivity contribution in [2.24, 2.45) is 17.3 Å². The van der Waals surface area contributed by atoms with Crippen LogP contribution >= 0.6 is 12.6 Å². The molecule has 0 radical (unpaired) electrons. The first-order valence-corrected chi connectivity index (χ1v) is 16.2. The predicted octanol–water partition coefficient (Wildman–Crippen LogP) is 3.03. The largest absolute Gasteiger partial charge is 0.481 e. The van der Waals surface area contributed by atoms with Gasteiger partial charge in [-0.25, -0.2) is 0 Å². The number of hydrogen-bond donors (Lipinski definition) is 7. The number of allylic oxidation sites excluding steroid dienone is 2. The average Bonchev–Trinajstić information content (AvgIpc) is 3.65. The molecule has 6 rings (SSSR count). The van der Waals surface area contributed by atoms with Crippen LogP contribution in [0.1, 0.15) is 80.6 Å². The van der Waals surface area contributed by atoms with Crippen molar-refractivity contribution in [2.75, 3.05) is 0 Å². The van der Waals surface area contributed by atoms with Crippen molar-refractivity contribution < 1.29 is 29.3 Å². The fourth-order valence-corrected chi connectivity index (χ4v) is 8.29. The van der Waals surface area contributed by atoms with E-state index in [0.29, 0.717) is 12.8 Å². The Labute approximate surface area is 267 Å². The lowest BCUT2D eigenvalue weighted by Crippen LogP contribution is -2.27. The first kappa shape index (κ1) is 31.3. The van der Waals surface area contributed by atoms with Gasteiger partial charge in [-0.3, -0.25) is 14.4 Å². The molecule has 1 aliphatic carbocycles. The molecule has 5 heterocycles. The van der Waals surface area contributed by atoms with Crippen LogP contribution in [0, 0.1) is 31.1 Å². The minimum atomic E-state index is -0.894. The highest BCUT2D eigenvalue weighted by Gasteiger charge is 2.95. The third-order valence-corrected chi connectivity index (χ3v) is 11.0. The first-order valence-electron chi connectivity index (χ1n) is 15.7. The second kappa shape index (κ2) is 11.0. The van der Waals surface area contributed by atoms with Gasteiger partial charge in [0.1, 0.15) is 6.10 Å². The molecule has 0 aromatic carbocycles. The standard InChI is InChI=1S/C34H42N4O6S/c1-7-33-18(5)24(38-34(33)32(33)44-34)12-22-15(2)20(8-10-28(39)40)25(35-22)14-26-21(9-11-29(41)42)16(3)23(36-26)13-27-30(19(6)45)17(4)31(43)37-27/h12-14,17,19,30,32,35-36,38,45H,7-11H2,1-6H3,(H,37,43)(H,39,40)(H,41,42)/b22-12+,25-14-,27-13-/t17-,19-,30+,32+,33+,34+/m1/s1. The molecule has 2 aromatic heterocycles. The minimum Gasteiger partial charge on any atom is -0.481 e. The molecule has 10 nitrogen and oxygen atoms in total. The topological polar surface area (TPSA) is 160 Å². The van der Waals surface area contributed by atoms with Gasteiger partial charge in [-0.1, -0.05) is 20.8 Å². The van der Waals surface area contributed by atoms with E-state index < -0.39 is 11.9 Å². The van der Waals surface area contributed by atoms with E-state index >= 15 is 0 Å². The Bertz CT molecular complexity index is 1820. The summed E-state index contributed by atoms with van der Waals surface area (Å²) in [5.74, 6) is -2.12. The molecule has 4 aliphatic rings. The van der Waals surface area contributed by atoms with E-state index in [1.54, 1.807) is 0 Å². The van der Waals surface area contributed by atoms with Crippen LogP contribution in [-0.4, -0.2) is 55.1 Å². The van der Waals surface area contributed by atoms with Gasteiger partial charge in [-0.05, 0) is 86.1 Å². The SMILES string of the molecule is CC[C@@]12C(C)=C(/C=c3/[nH]/c(=C\c4[nH]c(/C=C5\NC(=O)[C@H](C)[C@H]5[C@@H](C)S)c(C)c4CCC(=O)O)c(CCC(=O)O)c3C)N[C@@]13O[C@H]32. The number of carbonyl (C=O) groups excluding carboxylic acids is 1. The van der Waals surface area contributed by atoms with Gasteiger partial charge < -0.3 is 35.6 Å². The number of carboxylic acids is 2. The average molecular weight is 635 g/mol. The Balaban J connectivity index is 1.46. The molecule has 6 atom stereocenters. The van der Waals surface area contributed by atoms with E-state index in [2.05, 4.69) is 53.2 Å². The van der Waals surface area contributed by atoms with Gasteiger partial charge >= 0.3 is 11.9 Å². The van der Waals surface area contributed by atoms with E-state index in [4.69, 9.17) is 4.74 Å². The van der Waals surface area contributed by atoms with Crippen LogP contribution in [0.15, 0.2) is 17.0 Å². The van der Waals surface area contributed by atoms with Crippen LogP contribution in [0.3, 0.4) is 0 Å². The third kappa shape index (κ3) is 4.86. The van der Waals surface area contributed by atoms with E-state index in [9.17, 15) is 24.6 Å².